The van der Waals surface area contributed by atoms with Gasteiger partial charge < -0.3 is 17.7 Å². The van der Waals surface area contributed by atoms with E-state index in [0.29, 0.717) is 0 Å². The molecular formula is C18H42O4Si2. The average molecular weight is 379 g/mol. The van der Waals surface area contributed by atoms with Gasteiger partial charge in [0, 0.05) is 24.4 Å². The third-order valence-corrected chi connectivity index (χ3v) is 10.8. The second-order valence-electron chi connectivity index (χ2n) is 7.92. The Bertz CT molecular complexity index is 313. The summed E-state index contributed by atoms with van der Waals surface area (Å²) in [5.41, 5.74) is 0. The molecule has 0 saturated heterocycles. The zero-order chi connectivity index (χ0) is 19.0. The molecule has 0 bridgehead atoms. The highest BCUT2D eigenvalue weighted by molar-refractivity contribution is 6.68. The van der Waals surface area contributed by atoms with Crippen LogP contribution in [0.2, 0.25) is 24.7 Å². The summed E-state index contributed by atoms with van der Waals surface area (Å²) in [4.78, 5) is 0. The minimum atomic E-state index is -2.16. The third kappa shape index (κ3) is 10.3. The van der Waals surface area contributed by atoms with Crippen molar-refractivity contribution in [3.8, 4) is 0 Å². The Morgan fingerprint density at radius 1 is 0.625 bits per heavy atom. The van der Waals surface area contributed by atoms with Crippen molar-refractivity contribution in [2.45, 2.75) is 118 Å². The zero-order valence-electron chi connectivity index (χ0n) is 17.8. The minimum absolute atomic E-state index is 0.201. The van der Waals surface area contributed by atoms with Crippen molar-refractivity contribution in [2.24, 2.45) is 0 Å². The molecule has 0 spiro atoms. The molecule has 0 aliphatic heterocycles. The lowest BCUT2D eigenvalue weighted by Crippen LogP contribution is -2.47. The summed E-state index contributed by atoms with van der Waals surface area (Å²) < 4.78 is 25.1. The van der Waals surface area contributed by atoms with Gasteiger partial charge in [0.25, 0.3) is 0 Å². The Morgan fingerprint density at radius 3 is 1.29 bits per heavy atom. The van der Waals surface area contributed by atoms with Gasteiger partial charge in [0.2, 0.25) is 0 Å². The molecule has 0 fully saturated rings. The topological polar surface area (TPSA) is 36.9 Å². The monoisotopic (exact) mass is 378 g/mol. The molecule has 0 rings (SSSR count). The Kier molecular flexibility index (Phi) is 11.2. The van der Waals surface area contributed by atoms with E-state index in [1.54, 1.807) is 0 Å². The molecule has 0 atom stereocenters. The summed E-state index contributed by atoms with van der Waals surface area (Å²) in [5.74, 6) is 0. The smallest absolute Gasteiger partial charge is 0.338 e. The van der Waals surface area contributed by atoms with Crippen LogP contribution in [-0.4, -0.2) is 41.5 Å². The van der Waals surface area contributed by atoms with Gasteiger partial charge in [-0.3, -0.25) is 0 Å². The molecule has 24 heavy (non-hydrogen) atoms. The summed E-state index contributed by atoms with van der Waals surface area (Å²) in [5, 5.41) is 0. The van der Waals surface area contributed by atoms with Gasteiger partial charge in [-0.15, -0.1) is 0 Å². The molecule has 0 radical (unpaired) electrons. The molecule has 6 heteroatoms. The maximum absolute atomic E-state index is 6.33. The van der Waals surface area contributed by atoms with Crippen LogP contribution < -0.4 is 0 Å². The average Bonchev–Trinajstić information content (AvgIpc) is 2.34. The van der Waals surface area contributed by atoms with Crippen LogP contribution >= 0.6 is 0 Å². The first-order valence-corrected chi connectivity index (χ1v) is 14.4. The largest absolute Gasteiger partial charge is 0.392 e. The van der Waals surface area contributed by atoms with E-state index in [0.717, 1.165) is 24.6 Å². The fourth-order valence-electron chi connectivity index (χ4n) is 3.17. The molecular weight excluding hydrogens is 336 g/mol. The standard InChI is InChI=1S/C18H42O4Si2/c1-11-24(21-17(6)7,22-18(8)9)14-12-13-23(10,19-15(2)3)20-16(4)5/h15-18H,11-14H2,1-10H3. The van der Waals surface area contributed by atoms with Crippen LogP contribution in [0.15, 0.2) is 0 Å². The third-order valence-electron chi connectivity index (χ3n) is 3.60. The van der Waals surface area contributed by atoms with Gasteiger partial charge in [-0.25, -0.2) is 0 Å². The van der Waals surface area contributed by atoms with E-state index < -0.39 is 17.1 Å². The molecule has 0 saturated carbocycles. The molecule has 0 amide bonds. The predicted molar refractivity (Wildman–Crippen MR) is 107 cm³/mol. The van der Waals surface area contributed by atoms with Gasteiger partial charge in [0.1, 0.15) is 0 Å². The fourth-order valence-corrected chi connectivity index (χ4v) is 10.0. The van der Waals surface area contributed by atoms with Crippen LogP contribution in [0.3, 0.4) is 0 Å². The van der Waals surface area contributed by atoms with Crippen LogP contribution in [0.4, 0.5) is 0 Å². The lowest BCUT2D eigenvalue weighted by atomic mass is 10.5. The van der Waals surface area contributed by atoms with Gasteiger partial charge in [0.15, 0.2) is 0 Å². The predicted octanol–water partition coefficient (Wildman–Crippen LogP) is 5.61. The lowest BCUT2D eigenvalue weighted by molar-refractivity contribution is 0.102. The van der Waals surface area contributed by atoms with E-state index >= 15 is 0 Å². The summed E-state index contributed by atoms with van der Waals surface area (Å²) in [6.07, 6.45) is 1.86. The second-order valence-corrected chi connectivity index (χ2v) is 14.7. The van der Waals surface area contributed by atoms with Gasteiger partial charge in [-0.05, 0) is 86.5 Å². The van der Waals surface area contributed by atoms with E-state index in [1.807, 2.05) is 0 Å². The molecule has 0 aliphatic rings. The summed E-state index contributed by atoms with van der Waals surface area (Å²) in [6.45, 7) is 21.1. The maximum Gasteiger partial charge on any atom is 0.338 e. The van der Waals surface area contributed by atoms with Crippen molar-refractivity contribution in [1.29, 1.82) is 0 Å². The van der Waals surface area contributed by atoms with Crippen molar-refractivity contribution in [3.05, 3.63) is 0 Å². The fraction of sp³-hybridized carbons (Fsp3) is 1.00. The number of hydrogen-bond donors (Lipinski definition) is 0. The van der Waals surface area contributed by atoms with Gasteiger partial charge in [-0.2, -0.15) is 0 Å². The van der Waals surface area contributed by atoms with Crippen LogP contribution in [0.1, 0.15) is 68.7 Å². The SMILES string of the molecule is CC[Si](CCC[Si](C)(OC(C)C)OC(C)C)(OC(C)C)OC(C)C. The van der Waals surface area contributed by atoms with E-state index in [1.165, 1.54) is 0 Å². The van der Waals surface area contributed by atoms with E-state index in [9.17, 15) is 0 Å². The van der Waals surface area contributed by atoms with Crippen LogP contribution in [0, 0.1) is 0 Å². The molecule has 4 nitrogen and oxygen atoms in total. The normalized spacial score (nSPS) is 13.8. The first-order chi connectivity index (χ1) is 10.9. The molecule has 0 aromatic carbocycles. The molecule has 0 aromatic heterocycles. The highest BCUT2D eigenvalue weighted by Gasteiger charge is 2.40. The van der Waals surface area contributed by atoms with Crippen molar-refractivity contribution in [2.75, 3.05) is 0 Å². The Labute approximate surface area is 153 Å². The van der Waals surface area contributed by atoms with Gasteiger partial charge in [0.05, 0.1) is 0 Å². The summed E-state index contributed by atoms with van der Waals surface area (Å²) in [7, 11) is -4.32. The molecule has 0 N–H and O–H groups in total. The number of hydrogen-bond acceptors (Lipinski definition) is 4. The Balaban J connectivity index is 4.91. The molecule has 146 valence electrons. The van der Waals surface area contributed by atoms with E-state index in [2.05, 4.69) is 68.9 Å². The highest BCUT2D eigenvalue weighted by Crippen LogP contribution is 2.29. The second kappa shape index (κ2) is 11.1. The Hall–Kier alpha value is 0.274. The first kappa shape index (κ1) is 24.3. The molecule has 0 heterocycles. The van der Waals surface area contributed by atoms with E-state index in [4.69, 9.17) is 17.7 Å². The van der Waals surface area contributed by atoms with Crippen molar-refractivity contribution < 1.29 is 17.7 Å². The lowest BCUT2D eigenvalue weighted by Gasteiger charge is -2.35. The Morgan fingerprint density at radius 2 is 1.00 bits per heavy atom. The number of rotatable bonds is 13. The van der Waals surface area contributed by atoms with Gasteiger partial charge in [-0.1, -0.05) is 6.92 Å². The minimum Gasteiger partial charge on any atom is -0.392 e. The van der Waals surface area contributed by atoms with Gasteiger partial charge >= 0.3 is 17.1 Å². The quantitative estimate of drug-likeness (QED) is 0.390. The van der Waals surface area contributed by atoms with Crippen molar-refractivity contribution in [3.63, 3.8) is 0 Å². The van der Waals surface area contributed by atoms with Crippen LogP contribution in [0.5, 0.6) is 0 Å². The molecule has 0 aliphatic carbocycles. The highest BCUT2D eigenvalue weighted by atomic mass is 28.4. The molecule has 0 unspecified atom stereocenters. The van der Waals surface area contributed by atoms with Crippen molar-refractivity contribution in [1.82, 2.24) is 0 Å². The molecule has 0 aromatic rings. The summed E-state index contributed by atoms with van der Waals surface area (Å²) in [6, 6.07) is 2.98. The first-order valence-electron chi connectivity index (χ1n) is 9.65. The zero-order valence-corrected chi connectivity index (χ0v) is 19.8. The maximum atomic E-state index is 6.33. The summed E-state index contributed by atoms with van der Waals surface area (Å²) >= 11 is 0. The van der Waals surface area contributed by atoms with E-state index in [-0.39, 0.29) is 24.4 Å². The van der Waals surface area contributed by atoms with Crippen LogP contribution in [-0.2, 0) is 17.7 Å². The van der Waals surface area contributed by atoms with Crippen molar-refractivity contribution >= 4 is 17.1 Å². The van der Waals surface area contributed by atoms with Crippen LogP contribution in [0.25, 0.3) is 0 Å².